The first-order valence-corrected chi connectivity index (χ1v) is 14.0. The Bertz CT molecular complexity index is 1250. The average Bonchev–Trinajstić information content (AvgIpc) is 3.58. The van der Waals surface area contributed by atoms with Crippen molar-refractivity contribution in [3.63, 3.8) is 0 Å². The number of carbonyl (C=O) groups excluding carboxylic acids is 2. The topological polar surface area (TPSA) is 170 Å². The Balaban J connectivity index is 1.20. The number of aryl methyl sites for hydroxylation is 1. The number of aromatic nitrogens is 2. The molecule has 224 valence electrons. The van der Waals surface area contributed by atoms with Gasteiger partial charge in [-0.3, -0.25) is 14.3 Å². The zero-order valence-corrected chi connectivity index (χ0v) is 23.6. The SMILES string of the molecule is Cn1nc(C2CC3CC(CNC(=O)COCCOCCNC(=O)O)CC3C2)c(C(=O)Nc2ccc(F)c(Cl)c2)c1N. The number of nitrogens with zero attached hydrogens (tertiary/aromatic N) is 2. The number of rotatable bonds is 13. The summed E-state index contributed by atoms with van der Waals surface area (Å²) in [6.45, 7) is 1.47. The van der Waals surface area contributed by atoms with Crippen LogP contribution in [0.5, 0.6) is 0 Å². The maximum absolute atomic E-state index is 13.5. The van der Waals surface area contributed by atoms with Crippen LogP contribution in [0, 0.1) is 23.6 Å². The molecule has 1 aromatic heterocycles. The maximum Gasteiger partial charge on any atom is 0.404 e. The second-order valence-electron chi connectivity index (χ2n) is 10.6. The maximum atomic E-state index is 13.5. The van der Waals surface area contributed by atoms with Crippen molar-refractivity contribution in [2.45, 2.75) is 31.6 Å². The van der Waals surface area contributed by atoms with E-state index in [0.717, 1.165) is 25.7 Å². The number of nitrogen functional groups attached to an aromatic ring is 1. The second-order valence-corrected chi connectivity index (χ2v) is 11.0. The van der Waals surface area contributed by atoms with Crippen molar-refractivity contribution >= 4 is 41.0 Å². The van der Waals surface area contributed by atoms with Crippen molar-refractivity contribution in [1.82, 2.24) is 20.4 Å². The first kappa shape index (κ1) is 30.5. The third kappa shape index (κ3) is 8.08. The minimum Gasteiger partial charge on any atom is -0.465 e. The summed E-state index contributed by atoms with van der Waals surface area (Å²) in [6, 6.07) is 3.99. The van der Waals surface area contributed by atoms with Crippen LogP contribution in [-0.4, -0.2) is 72.3 Å². The van der Waals surface area contributed by atoms with Gasteiger partial charge in [0, 0.05) is 31.7 Å². The van der Waals surface area contributed by atoms with Crippen LogP contribution in [0.4, 0.5) is 20.7 Å². The quantitative estimate of drug-likeness (QED) is 0.220. The molecule has 0 bridgehead atoms. The number of nitrogens with one attached hydrogen (secondary N) is 3. The van der Waals surface area contributed by atoms with Gasteiger partial charge in [-0.05, 0) is 61.6 Å². The molecule has 41 heavy (non-hydrogen) atoms. The number of nitrogens with two attached hydrogens (primary N) is 1. The molecule has 12 nitrogen and oxygen atoms in total. The van der Waals surface area contributed by atoms with E-state index in [1.54, 1.807) is 7.05 Å². The highest BCUT2D eigenvalue weighted by atomic mass is 35.5. The Morgan fingerprint density at radius 2 is 1.83 bits per heavy atom. The second kappa shape index (κ2) is 14.0. The monoisotopic (exact) mass is 594 g/mol. The largest absolute Gasteiger partial charge is 0.465 e. The van der Waals surface area contributed by atoms with Gasteiger partial charge in [-0.1, -0.05) is 11.6 Å². The summed E-state index contributed by atoms with van der Waals surface area (Å²) in [4.78, 5) is 35.7. The minimum absolute atomic E-state index is 0.0611. The zero-order valence-electron chi connectivity index (χ0n) is 22.8. The summed E-state index contributed by atoms with van der Waals surface area (Å²) in [5.41, 5.74) is 7.62. The van der Waals surface area contributed by atoms with E-state index >= 15 is 0 Å². The fraction of sp³-hybridized carbons (Fsp3) is 0.556. The van der Waals surface area contributed by atoms with Crippen molar-refractivity contribution in [2.24, 2.45) is 24.8 Å². The number of halogens is 2. The Hall–Kier alpha value is -3.42. The lowest BCUT2D eigenvalue weighted by atomic mass is 9.93. The molecule has 0 aliphatic heterocycles. The molecule has 0 saturated heterocycles. The zero-order chi connectivity index (χ0) is 29.5. The van der Waals surface area contributed by atoms with E-state index in [0.29, 0.717) is 41.2 Å². The smallest absolute Gasteiger partial charge is 0.404 e. The van der Waals surface area contributed by atoms with Crippen molar-refractivity contribution < 1.29 is 33.4 Å². The van der Waals surface area contributed by atoms with E-state index < -0.39 is 17.8 Å². The molecule has 2 aromatic rings. The van der Waals surface area contributed by atoms with E-state index in [1.807, 2.05) is 0 Å². The first-order chi connectivity index (χ1) is 19.6. The Labute approximate surface area is 242 Å². The van der Waals surface area contributed by atoms with E-state index in [1.165, 1.54) is 22.9 Å². The fourth-order valence-corrected chi connectivity index (χ4v) is 6.08. The van der Waals surface area contributed by atoms with Gasteiger partial charge in [-0.15, -0.1) is 0 Å². The summed E-state index contributed by atoms with van der Waals surface area (Å²) < 4.78 is 25.6. The van der Waals surface area contributed by atoms with E-state index in [-0.39, 0.29) is 55.6 Å². The van der Waals surface area contributed by atoms with Crippen molar-refractivity contribution in [3.8, 4) is 0 Å². The minimum atomic E-state index is -1.10. The predicted octanol–water partition coefficient (Wildman–Crippen LogP) is 2.98. The van der Waals surface area contributed by atoms with E-state index in [2.05, 4.69) is 21.0 Å². The van der Waals surface area contributed by atoms with E-state index in [4.69, 9.17) is 31.9 Å². The Morgan fingerprint density at radius 1 is 1.12 bits per heavy atom. The molecule has 2 unspecified atom stereocenters. The molecule has 2 saturated carbocycles. The van der Waals surface area contributed by atoms with Gasteiger partial charge in [0.15, 0.2) is 0 Å². The number of amides is 3. The van der Waals surface area contributed by atoms with Gasteiger partial charge in [0.25, 0.3) is 5.91 Å². The standard InChI is InChI=1S/C27H36ClFN6O6/c1-35-25(30)23(26(37)33-19-2-3-21(29)20(28)12-19)24(34-35)18-10-16-8-15(9-17(16)11-18)13-32-22(36)14-41-7-6-40-5-4-31-27(38)39/h2-3,12,15-18,31H,4-11,13-14,30H2,1H3,(H,32,36)(H,33,37)(H,38,39). The van der Waals surface area contributed by atoms with Crippen molar-refractivity contribution in [2.75, 3.05) is 50.6 Å². The highest BCUT2D eigenvalue weighted by Crippen LogP contribution is 2.52. The molecule has 2 aliphatic rings. The number of hydrogen-bond acceptors (Lipinski definition) is 7. The van der Waals surface area contributed by atoms with Crippen LogP contribution in [0.25, 0.3) is 0 Å². The third-order valence-electron chi connectivity index (χ3n) is 7.74. The van der Waals surface area contributed by atoms with Crippen molar-refractivity contribution in [1.29, 1.82) is 0 Å². The lowest BCUT2D eigenvalue weighted by molar-refractivity contribution is -0.126. The summed E-state index contributed by atoms with van der Waals surface area (Å²) in [5, 5.41) is 20.9. The summed E-state index contributed by atoms with van der Waals surface area (Å²) in [7, 11) is 1.70. The van der Waals surface area contributed by atoms with Gasteiger partial charge in [-0.2, -0.15) is 5.10 Å². The molecule has 2 atom stereocenters. The number of fused-ring (bicyclic) bond motifs is 1. The van der Waals surface area contributed by atoms with Crippen LogP contribution in [0.2, 0.25) is 5.02 Å². The van der Waals surface area contributed by atoms with Gasteiger partial charge in [0.1, 0.15) is 23.8 Å². The summed E-state index contributed by atoms with van der Waals surface area (Å²) >= 11 is 5.86. The number of hydrogen-bond donors (Lipinski definition) is 5. The molecule has 2 fully saturated rings. The first-order valence-electron chi connectivity index (χ1n) is 13.6. The van der Waals surface area contributed by atoms with Crippen LogP contribution in [-0.2, 0) is 21.3 Å². The van der Waals surface area contributed by atoms with Gasteiger partial charge < -0.3 is 36.3 Å². The summed E-state index contributed by atoms with van der Waals surface area (Å²) in [6.07, 6.45) is 2.64. The normalized spacial score (nSPS) is 21.4. The molecule has 6 N–H and O–H groups in total. The molecule has 14 heteroatoms. The molecule has 1 aromatic carbocycles. The number of carboxylic acid groups (broad SMARTS) is 1. The number of ether oxygens (including phenoxy) is 2. The fourth-order valence-electron chi connectivity index (χ4n) is 5.90. The van der Waals surface area contributed by atoms with Gasteiger partial charge >= 0.3 is 6.09 Å². The molecular formula is C27H36ClFN6O6. The highest BCUT2D eigenvalue weighted by Gasteiger charge is 2.44. The number of anilines is 2. The molecule has 1 heterocycles. The number of benzene rings is 1. The Morgan fingerprint density at radius 3 is 2.51 bits per heavy atom. The number of carbonyl (C=O) groups is 3. The molecule has 0 radical (unpaired) electrons. The predicted molar refractivity (Wildman–Crippen MR) is 149 cm³/mol. The van der Waals surface area contributed by atoms with Gasteiger partial charge in [0.2, 0.25) is 5.91 Å². The molecule has 0 spiro atoms. The third-order valence-corrected chi connectivity index (χ3v) is 8.03. The van der Waals surface area contributed by atoms with Crippen molar-refractivity contribution in [3.05, 3.63) is 40.3 Å². The van der Waals surface area contributed by atoms with Crippen LogP contribution in [0.3, 0.4) is 0 Å². The molecule has 4 rings (SSSR count). The molecular weight excluding hydrogens is 559 g/mol. The molecule has 3 amide bonds. The average molecular weight is 595 g/mol. The van der Waals surface area contributed by atoms with Crippen LogP contribution in [0.15, 0.2) is 18.2 Å². The highest BCUT2D eigenvalue weighted by molar-refractivity contribution is 6.31. The van der Waals surface area contributed by atoms with Gasteiger partial charge in [0.05, 0.1) is 30.5 Å². The van der Waals surface area contributed by atoms with Gasteiger partial charge in [-0.25, -0.2) is 9.18 Å². The Kier molecular flexibility index (Phi) is 10.4. The lowest BCUT2D eigenvalue weighted by Gasteiger charge is -2.16. The van der Waals surface area contributed by atoms with E-state index in [9.17, 15) is 18.8 Å². The van der Waals surface area contributed by atoms with Crippen LogP contribution < -0.4 is 21.7 Å². The lowest BCUT2D eigenvalue weighted by Crippen LogP contribution is -2.32. The van der Waals surface area contributed by atoms with Crippen LogP contribution in [0.1, 0.15) is 47.7 Å². The summed E-state index contributed by atoms with van der Waals surface area (Å²) in [5.74, 6) is 0.525. The van der Waals surface area contributed by atoms with Crippen LogP contribution >= 0.6 is 11.6 Å². The molecule has 2 aliphatic carbocycles.